The number of hydrogen-bond donors (Lipinski definition) is 1. The standard InChI is InChI=1S/C23H22Cl2N6O/c1-14-12-30(13-26-14)20-9-7-16(11-22(20)32-2)27-23-21-5-3-4-19(31(21)29-28-23)15-6-8-17(24)18(25)10-15/h6-13,19,27H,3-5H2,1-2H3. The monoisotopic (exact) mass is 468 g/mol. The molecule has 0 saturated heterocycles. The number of methoxy groups -OCH3 is 1. The molecule has 9 heteroatoms. The van der Waals surface area contributed by atoms with E-state index in [1.807, 2.05) is 58.8 Å². The van der Waals surface area contributed by atoms with Crippen LogP contribution in [0.1, 0.15) is 35.8 Å². The summed E-state index contributed by atoms with van der Waals surface area (Å²) in [4.78, 5) is 4.30. The Balaban J connectivity index is 1.44. The van der Waals surface area contributed by atoms with Crippen LogP contribution in [0.2, 0.25) is 10.0 Å². The van der Waals surface area contributed by atoms with E-state index in [0.717, 1.165) is 59.2 Å². The Hall–Kier alpha value is -3.03. The molecule has 164 valence electrons. The molecule has 0 spiro atoms. The fourth-order valence-electron chi connectivity index (χ4n) is 4.16. The molecule has 2 aromatic heterocycles. The Labute approximate surface area is 195 Å². The Kier molecular flexibility index (Phi) is 5.53. The molecule has 0 amide bonds. The van der Waals surface area contributed by atoms with Gasteiger partial charge in [0.2, 0.25) is 0 Å². The van der Waals surface area contributed by atoms with Gasteiger partial charge in [0.05, 0.1) is 46.6 Å². The number of fused-ring (bicyclic) bond motifs is 1. The van der Waals surface area contributed by atoms with Crippen LogP contribution < -0.4 is 10.1 Å². The van der Waals surface area contributed by atoms with Gasteiger partial charge in [0.25, 0.3) is 0 Å². The van der Waals surface area contributed by atoms with Crippen molar-refractivity contribution in [3.63, 3.8) is 0 Å². The first-order valence-corrected chi connectivity index (χ1v) is 11.1. The fraction of sp³-hybridized carbons (Fsp3) is 0.261. The second-order valence-electron chi connectivity index (χ2n) is 7.84. The maximum Gasteiger partial charge on any atom is 0.176 e. The molecule has 0 aliphatic carbocycles. The Morgan fingerprint density at radius 2 is 2.00 bits per heavy atom. The van der Waals surface area contributed by atoms with Crippen molar-refractivity contribution in [2.45, 2.75) is 32.2 Å². The topological polar surface area (TPSA) is 69.8 Å². The molecule has 3 heterocycles. The van der Waals surface area contributed by atoms with E-state index >= 15 is 0 Å². The molecule has 1 aliphatic rings. The van der Waals surface area contributed by atoms with Crippen LogP contribution in [0.15, 0.2) is 48.9 Å². The molecule has 4 aromatic rings. The van der Waals surface area contributed by atoms with Crippen molar-refractivity contribution in [2.24, 2.45) is 0 Å². The largest absolute Gasteiger partial charge is 0.494 e. The van der Waals surface area contributed by atoms with Crippen LogP contribution in [-0.2, 0) is 6.42 Å². The second kappa shape index (κ2) is 8.48. The van der Waals surface area contributed by atoms with Gasteiger partial charge in [-0.25, -0.2) is 9.67 Å². The molecule has 0 radical (unpaired) electrons. The molecule has 0 bridgehead atoms. The number of aromatic nitrogens is 5. The van der Waals surface area contributed by atoms with Crippen LogP contribution in [0.3, 0.4) is 0 Å². The lowest BCUT2D eigenvalue weighted by molar-refractivity contribution is 0.409. The Bertz CT molecular complexity index is 1280. The van der Waals surface area contributed by atoms with Crippen molar-refractivity contribution in [2.75, 3.05) is 12.4 Å². The average molecular weight is 469 g/mol. The van der Waals surface area contributed by atoms with Crippen molar-refractivity contribution in [3.05, 3.63) is 75.9 Å². The van der Waals surface area contributed by atoms with E-state index in [2.05, 4.69) is 20.6 Å². The number of nitrogens with zero attached hydrogens (tertiary/aromatic N) is 5. The van der Waals surface area contributed by atoms with E-state index in [1.54, 1.807) is 13.4 Å². The highest BCUT2D eigenvalue weighted by molar-refractivity contribution is 6.42. The van der Waals surface area contributed by atoms with Crippen LogP contribution in [0, 0.1) is 6.92 Å². The summed E-state index contributed by atoms with van der Waals surface area (Å²) in [5.74, 6) is 1.49. The van der Waals surface area contributed by atoms with Gasteiger partial charge in [-0.2, -0.15) is 0 Å². The normalized spacial score (nSPS) is 15.4. The first-order chi connectivity index (χ1) is 15.5. The molecule has 32 heavy (non-hydrogen) atoms. The second-order valence-corrected chi connectivity index (χ2v) is 8.66. The number of ether oxygens (including phenoxy) is 1. The quantitative estimate of drug-likeness (QED) is 0.403. The molecule has 1 unspecified atom stereocenters. The highest BCUT2D eigenvalue weighted by atomic mass is 35.5. The Morgan fingerprint density at radius 1 is 1.12 bits per heavy atom. The predicted octanol–water partition coefficient (Wildman–Crippen LogP) is 5.76. The van der Waals surface area contributed by atoms with E-state index in [4.69, 9.17) is 27.9 Å². The van der Waals surface area contributed by atoms with Gasteiger partial charge < -0.3 is 14.6 Å². The first-order valence-electron chi connectivity index (χ1n) is 10.4. The van der Waals surface area contributed by atoms with Crippen molar-refractivity contribution < 1.29 is 4.74 Å². The maximum absolute atomic E-state index is 6.25. The number of nitrogens with one attached hydrogen (secondary N) is 1. The number of hydrogen-bond acceptors (Lipinski definition) is 5. The van der Waals surface area contributed by atoms with Gasteiger partial charge in [0, 0.05) is 18.0 Å². The smallest absolute Gasteiger partial charge is 0.176 e. The van der Waals surface area contributed by atoms with Crippen LogP contribution in [0.4, 0.5) is 11.5 Å². The SMILES string of the molecule is COc1cc(Nc2nnn3c2CCCC3c2ccc(Cl)c(Cl)c2)ccc1-n1cnc(C)c1. The molecular formula is C23H22Cl2N6O. The summed E-state index contributed by atoms with van der Waals surface area (Å²) in [6.45, 7) is 1.96. The number of halogens is 2. The minimum atomic E-state index is 0.0814. The Morgan fingerprint density at radius 3 is 2.75 bits per heavy atom. The summed E-state index contributed by atoms with van der Waals surface area (Å²) < 4.78 is 9.56. The van der Waals surface area contributed by atoms with Crippen LogP contribution in [0.5, 0.6) is 5.75 Å². The molecule has 2 aromatic carbocycles. The number of benzene rings is 2. The summed E-state index contributed by atoms with van der Waals surface area (Å²) in [5.41, 5.74) is 4.89. The van der Waals surface area contributed by atoms with Crippen LogP contribution >= 0.6 is 23.2 Å². The fourth-order valence-corrected chi connectivity index (χ4v) is 4.47. The van der Waals surface area contributed by atoms with Crippen molar-refractivity contribution in [1.82, 2.24) is 24.5 Å². The number of anilines is 2. The molecule has 7 nitrogen and oxygen atoms in total. The number of aryl methyl sites for hydroxylation is 1. The zero-order valence-electron chi connectivity index (χ0n) is 17.7. The van der Waals surface area contributed by atoms with E-state index in [9.17, 15) is 0 Å². The molecule has 5 rings (SSSR count). The number of rotatable bonds is 5. The highest BCUT2D eigenvalue weighted by Gasteiger charge is 2.26. The van der Waals surface area contributed by atoms with Crippen LogP contribution in [0.25, 0.3) is 5.69 Å². The maximum atomic E-state index is 6.25. The third-order valence-electron chi connectivity index (χ3n) is 5.74. The average Bonchev–Trinajstić information content (AvgIpc) is 3.42. The van der Waals surface area contributed by atoms with Gasteiger partial charge in [-0.05, 0) is 56.0 Å². The van der Waals surface area contributed by atoms with E-state index in [1.165, 1.54) is 0 Å². The van der Waals surface area contributed by atoms with Crippen molar-refractivity contribution in [3.8, 4) is 11.4 Å². The zero-order valence-corrected chi connectivity index (χ0v) is 19.2. The molecule has 1 atom stereocenters. The first kappa shape index (κ1) is 20.8. The molecule has 0 saturated carbocycles. The lowest BCUT2D eigenvalue weighted by Gasteiger charge is -2.25. The van der Waals surface area contributed by atoms with E-state index in [-0.39, 0.29) is 6.04 Å². The van der Waals surface area contributed by atoms with E-state index in [0.29, 0.717) is 10.0 Å². The summed E-state index contributed by atoms with van der Waals surface area (Å²) in [7, 11) is 1.66. The summed E-state index contributed by atoms with van der Waals surface area (Å²) in [5, 5.41) is 13.4. The molecule has 1 aliphatic heterocycles. The van der Waals surface area contributed by atoms with Gasteiger partial charge in [0.1, 0.15) is 5.75 Å². The van der Waals surface area contributed by atoms with Gasteiger partial charge in [-0.1, -0.05) is 34.5 Å². The van der Waals surface area contributed by atoms with Crippen molar-refractivity contribution in [1.29, 1.82) is 0 Å². The lowest BCUT2D eigenvalue weighted by atomic mass is 9.96. The minimum Gasteiger partial charge on any atom is -0.494 e. The van der Waals surface area contributed by atoms with E-state index < -0.39 is 0 Å². The summed E-state index contributed by atoms with van der Waals surface area (Å²) >= 11 is 12.4. The van der Waals surface area contributed by atoms with Gasteiger partial charge >= 0.3 is 0 Å². The summed E-state index contributed by atoms with van der Waals surface area (Å²) in [6.07, 6.45) is 6.65. The summed E-state index contributed by atoms with van der Waals surface area (Å²) in [6, 6.07) is 11.8. The minimum absolute atomic E-state index is 0.0814. The number of imidazole rings is 1. The van der Waals surface area contributed by atoms with Crippen molar-refractivity contribution >= 4 is 34.7 Å². The third-order valence-corrected chi connectivity index (χ3v) is 6.48. The third kappa shape index (κ3) is 3.82. The zero-order chi connectivity index (χ0) is 22.2. The molecular weight excluding hydrogens is 447 g/mol. The van der Waals surface area contributed by atoms with Gasteiger partial charge in [0.15, 0.2) is 5.82 Å². The molecule has 1 N–H and O–H groups in total. The predicted molar refractivity (Wildman–Crippen MR) is 126 cm³/mol. The lowest BCUT2D eigenvalue weighted by Crippen LogP contribution is -2.20. The van der Waals surface area contributed by atoms with Gasteiger partial charge in [-0.15, -0.1) is 5.10 Å². The highest BCUT2D eigenvalue weighted by Crippen LogP contribution is 2.36. The molecule has 0 fully saturated rings. The van der Waals surface area contributed by atoms with Gasteiger partial charge in [-0.3, -0.25) is 0 Å². The van der Waals surface area contributed by atoms with Crippen LogP contribution in [-0.4, -0.2) is 31.7 Å².